The van der Waals surface area contributed by atoms with Crippen molar-refractivity contribution in [2.24, 2.45) is 0 Å². The number of pyridine rings is 1. The number of anilines is 1. The second kappa shape index (κ2) is 8.76. The fraction of sp³-hybridized carbons (Fsp3) is 0.500. The molecule has 3 aliphatic rings. The minimum atomic E-state index is -4.48. The molecule has 1 aliphatic carbocycles. The number of hydrogen-bond donors (Lipinski definition) is 2. The van der Waals surface area contributed by atoms with E-state index in [1.165, 1.54) is 12.1 Å². The Morgan fingerprint density at radius 2 is 1.83 bits per heavy atom. The number of thiol groups is 1. The summed E-state index contributed by atoms with van der Waals surface area (Å²) in [5, 5.41) is 4.27. The Balaban J connectivity index is 1.61. The largest absolute Gasteiger partial charge is 0.416 e. The molecule has 0 radical (unpaired) electrons. The van der Waals surface area contributed by atoms with E-state index in [1.54, 1.807) is 10.8 Å². The zero-order valence-corrected chi connectivity index (χ0v) is 21.2. The lowest BCUT2D eigenvalue weighted by atomic mass is 10.1. The van der Waals surface area contributed by atoms with E-state index in [0.717, 1.165) is 24.3 Å². The second-order valence-electron chi connectivity index (χ2n) is 10.4. The summed E-state index contributed by atoms with van der Waals surface area (Å²) in [6.45, 7) is 5.61. The molecule has 4 heterocycles. The van der Waals surface area contributed by atoms with Crippen molar-refractivity contribution < 1.29 is 13.2 Å². The lowest BCUT2D eigenvalue weighted by molar-refractivity contribution is -0.137. The van der Waals surface area contributed by atoms with E-state index in [-0.39, 0.29) is 18.0 Å². The van der Waals surface area contributed by atoms with Gasteiger partial charge in [-0.15, -0.1) is 0 Å². The van der Waals surface area contributed by atoms with E-state index in [2.05, 4.69) is 15.3 Å². The van der Waals surface area contributed by atoms with Crippen LogP contribution in [0.3, 0.4) is 0 Å². The summed E-state index contributed by atoms with van der Waals surface area (Å²) in [7, 11) is -0.896. The van der Waals surface area contributed by atoms with E-state index >= 15 is 0 Å². The highest BCUT2D eigenvalue weighted by atomic mass is 32.2. The summed E-state index contributed by atoms with van der Waals surface area (Å²) >= 11 is 0. The molecule has 2 aliphatic heterocycles. The number of alkyl halides is 3. The minimum absolute atomic E-state index is 0.0487. The molecule has 0 spiro atoms. The topological polar surface area (TPSA) is 63.1 Å². The highest BCUT2D eigenvalue weighted by Crippen LogP contribution is 2.58. The molecule has 1 aromatic carbocycles. The van der Waals surface area contributed by atoms with Gasteiger partial charge in [0, 0.05) is 59.8 Å². The summed E-state index contributed by atoms with van der Waals surface area (Å²) in [4.78, 5) is 25.2. The van der Waals surface area contributed by atoms with Gasteiger partial charge in [0.1, 0.15) is 5.82 Å². The zero-order valence-electron chi connectivity index (χ0n) is 20.3. The van der Waals surface area contributed by atoms with Crippen LogP contribution in [0.1, 0.15) is 43.9 Å². The summed E-state index contributed by atoms with van der Waals surface area (Å²) < 4.78 is 44.2. The molecule has 2 unspecified atom stereocenters. The fourth-order valence-electron chi connectivity index (χ4n) is 5.82. The molecule has 4 atom stereocenters. The molecule has 36 heavy (non-hydrogen) atoms. The number of halogens is 3. The van der Waals surface area contributed by atoms with E-state index in [4.69, 9.17) is 0 Å². The van der Waals surface area contributed by atoms with E-state index < -0.39 is 28.3 Å². The van der Waals surface area contributed by atoms with Crippen molar-refractivity contribution in [1.82, 2.24) is 19.9 Å². The SMILES string of the molecule is C[C@@H]1CN(c2nc(=O)n3c4c(cc(C(F)(F)F)cc24)[SH](C2CC2)CC(c2ccccn2)C3)C[C@H](C)N1. The average molecular weight is 518 g/mol. The normalized spacial score (nSPS) is 27.8. The van der Waals surface area contributed by atoms with Crippen LogP contribution in [0.2, 0.25) is 0 Å². The first-order valence-electron chi connectivity index (χ1n) is 12.5. The summed E-state index contributed by atoms with van der Waals surface area (Å²) in [5.41, 5.74) is 0.474. The Labute approximate surface area is 210 Å². The smallest absolute Gasteiger partial charge is 0.353 e. The Kier molecular flexibility index (Phi) is 5.79. The Bertz CT molecular complexity index is 1350. The van der Waals surface area contributed by atoms with Crippen molar-refractivity contribution in [3.63, 3.8) is 0 Å². The van der Waals surface area contributed by atoms with Crippen molar-refractivity contribution in [3.05, 3.63) is 58.3 Å². The molecule has 6 nitrogen and oxygen atoms in total. The molecule has 1 saturated carbocycles. The zero-order chi connectivity index (χ0) is 25.2. The predicted octanol–water partition coefficient (Wildman–Crippen LogP) is 4.32. The third kappa shape index (κ3) is 4.28. The van der Waals surface area contributed by atoms with Gasteiger partial charge in [0.2, 0.25) is 0 Å². The first kappa shape index (κ1) is 23.8. The Hall–Kier alpha value is -2.59. The lowest BCUT2D eigenvalue weighted by Gasteiger charge is -2.37. The number of nitrogens with one attached hydrogen (secondary N) is 1. The number of rotatable bonds is 3. The van der Waals surface area contributed by atoms with Crippen molar-refractivity contribution >= 4 is 27.6 Å². The number of benzene rings is 1. The van der Waals surface area contributed by atoms with Crippen LogP contribution in [0.4, 0.5) is 19.0 Å². The van der Waals surface area contributed by atoms with Crippen LogP contribution in [0.5, 0.6) is 0 Å². The molecule has 2 fully saturated rings. The van der Waals surface area contributed by atoms with Gasteiger partial charge < -0.3 is 10.2 Å². The van der Waals surface area contributed by atoms with Crippen LogP contribution in [0.25, 0.3) is 10.9 Å². The standard InChI is InChI=1S/C26H30F3N5OS/c1-15-11-33(12-16(2)31-15)24-20-9-18(26(27,28)29)10-22-23(20)34(25(35)32-24)13-17(14-36(22)19-6-7-19)21-5-3-4-8-30-21/h3-5,8-10,15-17,19,31,36H,6-7,11-14H2,1-2H3/t15-,16+,17?. The van der Waals surface area contributed by atoms with Crippen LogP contribution in [-0.4, -0.2) is 50.7 Å². The summed E-state index contributed by atoms with van der Waals surface area (Å²) in [6.07, 6.45) is -0.702. The van der Waals surface area contributed by atoms with Gasteiger partial charge in [0.15, 0.2) is 0 Å². The van der Waals surface area contributed by atoms with Gasteiger partial charge >= 0.3 is 11.9 Å². The van der Waals surface area contributed by atoms with Gasteiger partial charge in [0.25, 0.3) is 0 Å². The molecule has 0 amide bonds. The molecule has 192 valence electrons. The van der Waals surface area contributed by atoms with Gasteiger partial charge in [-0.2, -0.15) is 18.2 Å². The van der Waals surface area contributed by atoms with E-state index in [0.29, 0.717) is 46.5 Å². The molecule has 0 bridgehead atoms. The third-order valence-electron chi connectivity index (χ3n) is 7.44. The van der Waals surface area contributed by atoms with Crippen LogP contribution >= 0.6 is 10.9 Å². The van der Waals surface area contributed by atoms with Crippen LogP contribution in [0, 0.1) is 0 Å². The van der Waals surface area contributed by atoms with Crippen molar-refractivity contribution in [2.45, 2.75) is 67.6 Å². The number of aromatic nitrogens is 3. The fourth-order valence-corrected chi connectivity index (χ4v) is 9.08. The average Bonchev–Trinajstić information content (AvgIpc) is 3.67. The minimum Gasteiger partial charge on any atom is -0.353 e. The quantitative estimate of drug-likeness (QED) is 0.507. The Morgan fingerprint density at radius 3 is 2.47 bits per heavy atom. The highest BCUT2D eigenvalue weighted by molar-refractivity contribution is 8.18. The maximum atomic E-state index is 14.2. The molecule has 6 rings (SSSR count). The number of hydrogen-bond acceptors (Lipinski definition) is 5. The van der Waals surface area contributed by atoms with Gasteiger partial charge in [-0.25, -0.2) is 15.7 Å². The lowest BCUT2D eigenvalue weighted by Crippen LogP contribution is -2.55. The van der Waals surface area contributed by atoms with Crippen molar-refractivity contribution in [3.8, 4) is 0 Å². The van der Waals surface area contributed by atoms with Crippen LogP contribution in [0.15, 0.2) is 46.2 Å². The van der Waals surface area contributed by atoms with E-state index in [9.17, 15) is 18.0 Å². The maximum Gasteiger partial charge on any atom is 0.416 e. The monoisotopic (exact) mass is 517 g/mol. The highest BCUT2D eigenvalue weighted by Gasteiger charge is 2.39. The molecule has 2 aromatic heterocycles. The van der Waals surface area contributed by atoms with Crippen LogP contribution < -0.4 is 15.9 Å². The Morgan fingerprint density at radius 1 is 1.08 bits per heavy atom. The van der Waals surface area contributed by atoms with Gasteiger partial charge in [-0.05, 0) is 62.0 Å². The molecule has 1 saturated heterocycles. The molecule has 1 N–H and O–H groups in total. The number of nitrogens with zero attached hydrogens (tertiary/aromatic N) is 4. The van der Waals surface area contributed by atoms with Gasteiger partial charge in [-0.3, -0.25) is 9.55 Å². The van der Waals surface area contributed by atoms with Gasteiger partial charge in [-0.1, -0.05) is 6.07 Å². The number of piperazine rings is 1. The first-order chi connectivity index (χ1) is 17.2. The third-order valence-corrected chi connectivity index (χ3v) is 10.6. The summed E-state index contributed by atoms with van der Waals surface area (Å²) in [5.74, 6) is 1.05. The maximum absolute atomic E-state index is 14.2. The second-order valence-corrected chi connectivity index (χ2v) is 12.9. The van der Waals surface area contributed by atoms with Crippen molar-refractivity contribution in [1.29, 1.82) is 0 Å². The van der Waals surface area contributed by atoms with Crippen molar-refractivity contribution in [2.75, 3.05) is 23.7 Å². The van der Waals surface area contributed by atoms with Gasteiger partial charge in [0.05, 0.1) is 11.1 Å². The van der Waals surface area contributed by atoms with Crippen LogP contribution in [-0.2, 0) is 12.7 Å². The molecule has 3 aromatic rings. The van der Waals surface area contributed by atoms with E-state index in [1.807, 2.05) is 36.9 Å². The molecule has 10 heteroatoms. The molecular weight excluding hydrogens is 487 g/mol. The summed E-state index contributed by atoms with van der Waals surface area (Å²) in [6, 6.07) is 8.54. The predicted molar refractivity (Wildman–Crippen MR) is 137 cm³/mol. The molecular formula is C26H30F3N5OS. The first-order valence-corrected chi connectivity index (χ1v) is 14.1.